The highest BCUT2D eigenvalue weighted by Gasteiger charge is 2.42. The number of likely N-dealkylation sites (tertiary alicyclic amines) is 1. The molecule has 1 aromatic carbocycles. The molecule has 24 heavy (non-hydrogen) atoms. The van der Waals surface area contributed by atoms with Crippen LogP contribution in [-0.4, -0.2) is 73.9 Å². The summed E-state index contributed by atoms with van der Waals surface area (Å²) in [7, 11) is 0. The molecule has 2 aliphatic heterocycles. The smallest absolute Gasteiger partial charge is 0.0700 e. The van der Waals surface area contributed by atoms with E-state index < -0.39 is 11.5 Å². The predicted octanol–water partition coefficient (Wildman–Crippen LogP) is 0.937. The van der Waals surface area contributed by atoms with Crippen molar-refractivity contribution >= 4 is 0 Å². The highest BCUT2D eigenvalue weighted by molar-refractivity contribution is 5.18. The third-order valence-electron chi connectivity index (χ3n) is 5.27. The summed E-state index contributed by atoms with van der Waals surface area (Å²) >= 11 is 0. The summed E-state index contributed by atoms with van der Waals surface area (Å²) < 4.78 is 11.2. The van der Waals surface area contributed by atoms with Crippen LogP contribution in [0.2, 0.25) is 0 Å². The third-order valence-corrected chi connectivity index (χ3v) is 5.27. The molecule has 0 radical (unpaired) electrons. The second-order valence-electron chi connectivity index (χ2n) is 7.24. The lowest BCUT2D eigenvalue weighted by atomic mass is 9.73. The Morgan fingerprint density at radius 2 is 1.83 bits per heavy atom. The summed E-state index contributed by atoms with van der Waals surface area (Å²) in [5.41, 5.74) is 0.667. The lowest BCUT2D eigenvalue weighted by Crippen LogP contribution is -2.56. The van der Waals surface area contributed by atoms with Gasteiger partial charge in [0.1, 0.15) is 0 Å². The molecule has 0 amide bonds. The first-order valence-corrected chi connectivity index (χ1v) is 8.92. The van der Waals surface area contributed by atoms with E-state index in [0.717, 1.165) is 31.9 Å². The van der Waals surface area contributed by atoms with Crippen molar-refractivity contribution in [3.05, 3.63) is 35.9 Å². The molecular formula is C19H29NO4. The second-order valence-corrected chi connectivity index (χ2v) is 7.24. The first-order valence-electron chi connectivity index (χ1n) is 8.92. The molecule has 134 valence electrons. The van der Waals surface area contributed by atoms with Crippen molar-refractivity contribution in [3.8, 4) is 0 Å². The minimum absolute atomic E-state index is 0.00275. The van der Waals surface area contributed by atoms with Gasteiger partial charge in [-0.3, -0.25) is 0 Å². The summed E-state index contributed by atoms with van der Waals surface area (Å²) in [4.78, 5) is 2.36. The Bertz CT molecular complexity index is 489. The normalized spacial score (nSPS) is 30.2. The topological polar surface area (TPSA) is 62.2 Å². The van der Waals surface area contributed by atoms with Crippen LogP contribution in [0.15, 0.2) is 30.3 Å². The summed E-state index contributed by atoms with van der Waals surface area (Å²) in [5.74, 6) is 0.357. The van der Waals surface area contributed by atoms with Crippen LogP contribution >= 0.6 is 0 Å². The molecule has 0 spiro atoms. The van der Waals surface area contributed by atoms with Gasteiger partial charge in [0.25, 0.3) is 0 Å². The Balaban J connectivity index is 1.66. The van der Waals surface area contributed by atoms with Gasteiger partial charge in [-0.2, -0.15) is 0 Å². The maximum absolute atomic E-state index is 10.6. The Kier molecular flexibility index (Phi) is 6.25. The Labute approximate surface area is 144 Å². The molecule has 2 atom stereocenters. The van der Waals surface area contributed by atoms with E-state index in [1.807, 2.05) is 18.2 Å². The van der Waals surface area contributed by atoms with Gasteiger partial charge in [-0.1, -0.05) is 30.3 Å². The SMILES string of the molecule is OC[C@]1(Cc2ccccc2)CN(CC2COCCOC2)CC[C@H]1O. The van der Waals surface area contributed by atoms with Gasteiger partial charge < -0.3 is 24.6 Å². The van der Waals surface area contributed by atoms with Gasteiger partial charge in [-0.25, -0.2) is 0 Å². The lowest BCUT2D eigenvalue weighted by molar-refractivity contribution is -0.0800. The highest BCUT2D eigenvalue weighted by atomic mass is 16.5. The number of benzene rings is 1. The molecule has 0 bridgehead atoms. The fraction of sp³-hybridized carbons (Fsp3) is 0.684. The molecule has 0 aromatic heterocycles. The molecule has 2 fully saturated rings. The molecule has 2 saturated heterocycles. The van der Waals surface area contributed by atoms with Gasteiger partial charge in [-0.05, 0) is 18.4 Å². The Hall–Kier alpha value is -0.980. The quantitative estimate of drug-likeness (QED) is 0.838. The van der Waals surface area contributed by atoms with Gasteiger partial charge in [0.2, 0.25) is 0 Å². The van der Waals surface area contributed by atoms with Crippen molar-refractivity contribution < 1.29 is 19.7 Å². The molecule has 5 nitrogen and oxygen atoms in total. The van der Waals surface area contributed by atoms with E-state index in [-0.39, 0.29) is 6.61 Å². The lowest BCUT2D eigenvalue weighted by Gasteiger charge is -2.46. The van der Waals surface area contributed by atoms with Gasteiger partial charge in [0.05, 0.1) is 39.1 Å². The largest absolute Gasteiger partial charge is 0.396 e. The van der Waals surface area contributed by atoms with Gasteiger partial charge in [-0.15, -0.1) is 0 Å². The summed E-state index contributed by atoms with van der Waals surface area (Å²) in [6, 6.07) is 10.1. The average Bonchev–Trinajstić information content (AvgIpc) is 2.87. The van der Waals surface area contributed by atoms with E-state index in [9.17, 15) is 10.2 Å². The molecule has 2 aliphatic rings. The highest BCUT2D eigenvalue weighted by Crippen LogP contribution is 2.34. The second kappa shape index (κ2) is 8.41. The Morgan fingerprint density at radius 1 is 1.12 bits per heavy atom. The van der Waals surface area contributed by atoms with Crippen molar-refractivity contribution in [2.75, 3.05) is 52.7 Å². The van der Waals surface area contributed by atoms with Crippen LogP contribution in [0.25, 0.3) is 0 Å². The van der Waals surface area contributed by atoms with Crippen molar-refractivity contribution in [2.24, 2.45) is 11.3 Å². The first kappa shape index (κ1) is 17.8. The number of hydrogen-bond acceptors (Lipinski definition) is 5. The van der Waals surface area contributed by atoms with Crippen LogP contribution in [0.4, 0.5) is 0 Å². The molecule has 0 aliphatic carbocycles. The number of aliphatic hydroxyl groups excluding tert-OH is 2. The maximum Gasteiger partial charge on any atom is 0.0700 e. The third kappa shape index (κ3) is 4.35. The van der Waals surface area contributed by atoms with Gasteiger partial charge in [0.15, 0.2) is 0 Å². The molecule has 3 rings (SSSR count). The van der Waals surface area contributed by atoms with Crippen LogP contribution in [0, 0.1) is 11.3 Å². The average molecular weight is 335 g/mol. The number of piperidine rings is 1. The van der Waals surface area contributed by atoms with Crippen molar-refractivity contribution in [1.82, 2.24) is 4.90 Å². The van der Waals surface area contributed by atoms with E-state index in [2.05, 4.69) is 17.0 Å². The van der Waals surface area contributed by atoms with Crippen molar-refractivity contribution in [3.63, 3.8) is 0 Å². The van der Waals surface area contributed by atoms with Crippen molar-refractivity contribution in [2.45, 2.75) is 18.9 Å². The van der Waals surface area contributed by atoms with E-state index in [0.29, 0.717) is 38.5 Å². The zero-order valence-corrected chi connectivity index (χ0v) is 14.3. The number of aliphatic hydroxyl groups is 2. The van der Waals surface area contributed by atoms with Gasteiger partial charge in [0, 0.05) is 31.0 Å². The number of nitrogens with zero attached hydrogens (tertiary/aromatic N) is 1. The molecular weight excluding hydrogens is 306 g/mol. The number of rotatable bonds is 5. The number of ether oxygens (including phenoxy) is 2. The zero-order chi connectivity index (χ0) is 16.8. The molecule has 2 N–H and O–H groups in total. The molecule has 2 heterocycles. The molecule has 5 heteroatoms. The monoisotopic (exact) mass is 335 g/mol. The van der Waals surface area contributed by atoms with Crippen LogP contribution in [0.5, 0.6) is 0 Å². The fourth-order valence-electron chi connectivity index (χ4n) is 3.92. The fourth-order valence-corrected chi connectivity index (χ4v) is 3.92. The van der Waals surface area contributed by atoms with Crippen molar-refractivity contribution in [1.29, 1.82) is 0 Å². The van der Waals surface area contributed by atoms with E-state index >= 15 is 0 Å². The van der Waals surface area contributed by atoms with Gasteiger partial charge >= 0.3 is 0 Å². The van der Waals surface area contributed by atoms with E-state index in [1.165, 1.54) is 0 Å². The summed E-state index contributed by atoms with van der Waals surface area (Å²) in [6.07, 6.45) is 0.919. The predicted molar refractivity (Wildman–Crippen MR) is 91.9 cm³/mol. The first-order chi connectivity index (χ1) is 11.7. The van der Waals surface area contributed by atoms with Crippen LogP contribution in [0.1, 0.15) is 12.0 Å². The summed E-state index contributed by atoms with van der Waals surface area (Å²) in [6.45, 7) is 5.24. The van der Waals surface area contributed by atoms with E-state index in [4.69, 9.17) is 9.47 Å². The standard InChI is InChI=1S/C19H29NO4/c21-15-19(10-16-4-2-1-3-5-16)14-20(7-6-18(19)22)11-17-12-23-8-9-24-13-17/h1-5,17-18,21-22H,6-15H2/t18-,19+/m1/s1. The Morgan fingerprint density at radius 3 is 2.50 bits per heavy atom. The summed E-state index contributed by atoms with van der Waals surface area (Å²) in [5, 5.41) is 20.7. The zero-order valence-electron chi connectivity index (χ0n) is 14.3. The van der Waals surface area contributed by atoms with E-state index in [1.54, 1.807) is 0 Å². The van der Waals surface area contributed by atoms with Crippen LogP contribution in [-0.2, 0) is 15.9 Å². The minimum Gasteiger partial charge on any atom is -0.396 e. The maximum atomic E-state index is 10.6. The molecule has 0 saturated carbocycles. The minimum atomic E-state index is -0.494. The van der Waals surface area contributed by atoms with Crippen LogP contribution in [0.3, 0.4) is 0 Å². The number of hydrogen-bond donors (Lipinski definition) is 2. The molecule has 0 unspecified atom stereocenters. The molecule has 1 aromatic rings. The van der Waals surface area contributed by atoms with Crippen LogP contribution < -0.4 is 0 Å².